The summed E-state index contributed by atoms with van der Waals surface area (Å²) >= 11 is 5.36. The van der Waals surface area contributed by atoms with E-state index >= 15 is 0 Å². The van der Waals surface area contributed by atoms with Crippen LogP contribution in [0.3, 0.4) is 0 Å². The van der Waals surface area contributed by atoms with E-state index in [9.17, 15) is 0 Å². The molecule has 60 valence electrons. The van der Waals surface area contributed by atoms with Crippen molar-refractivity contribution >= 4 is 11.6 Å². The zero-order chi connectivity index (χ0) is 8.10. The van der Waals surface area contributed by atoms with Gasteiger partial charge in [0, 0.05) is 5.56 Å². The second-order valence-electron chi connectivity index (χ2n) is 2.02. The van der Waals surface area contributed by atoms with Crippen LogP contribution in [0.4, 0.5) is 0 Å². The molecule has 0 radical (unpaired) electrons. The summed E-state index contributed by atoms with van der Waals surface area (Å²) in [5.74, 6) is 0.644. The second kappa shape index (κ2) is 4.21. The van der Waals surface area contributed by atoms with Gasteiger partial charge in [-0.3, -0.25) is 0 Å². The number of aliphatic hydroxyl groups is 1. The van der Waals surface area contributed by atoms with E-state index < -0.39 is 0 Å². The van der Waals surface area contributed by atoms with Gasteiger partial charge in [0.05, 0.1) is 6.61 Å². The fourth-order valence-electron chi connectivity index (χ4n) is 0.834. The first-order chi connectivity index (χ1) is 5.38. The SMILES string of the molecule is OCc1ccccc1OCCl. The Morgan fingerprint density at radius 3 is 2.73 bits per heavy atom. The van der Waals surface area contributed by atoms with E-state index in [0.717, 1.165) is 5.56 Å². The molecule has 0 aliphatic carbocycles. The van der Waals surface area contributed by atoms with Crippen LogP contribution in [0.15, 0.2) is 24.3 Å². The van der Waals surface area contributed by atoms with E-state index in [4.69, 9.17) is 21.4 Å². The van der Waals surface area contributed by atoms with Gasteiger partial charge < -0.3 is 9.84 Å². The van der Waals surface area contributed by atoms with Crippen molar-refractivity contribution in [1.82, 2.24) is 0 Å². The van der Waals surface area contributed by atoms with Gasteiger partial charge in [-0.2, -0.15) is 0 Å². The summed E-state index contributed by atoms with van der Waals surface area (Å²) in [7, 11) is 0. The van der Waals surface area contributed by atoms with Gasteiger partial charge in [0.25, 0.3) is 0 Å². The monoisotopic (exact) mass is 172 g/mol. The average molecular weight is 173 g/mol. The van der Waals surface area contributed by atoms with E-state index in [-0.39, 0.29) is 12.7 Å². The number of ether oxygens (including phenoxy) is 1. The highest BCUT2D eigenvalue weighted by atomic mass is 35.5. The van der Waals surface area contributed by atoms with Gasteiger partial charge in [0.2, 0.25) is 0 Å². The third-order valence-corrected chi connectivity index (χ3v) is 1.46. The quantitative estimate of drug-likeness (QED) is 0.704. The molecule has 0 aromatic heterocycles. The van der Waals surface area contributed by atoms with Crippen molar-refractivity contribution in [1.29, 1.82) is 0 Å². The minimum absolute atomic E-state index is 0.0208. The van der Waals surface area contributed by atoms with Crippen molar-refractivity contribution in [2.24, 2.45) is 0 Å². The lowest BCUT2D eigenvalue weighted by molar-refractivity contribution is 0.272. The van der Waals surface area contributed by atoms with Crippen LogP contribution in [0.1, 0.15) is 5.56 Å². The Kier molecular flexibility index (Phi) is 3.20. The van der Waals surface area contributed by atoms with Gasteiger partial charge in [0.15, 0.2) is 6.07 Å². The van der Waals surface area contributed by atoms with Gasteiger partial charge >= 0.3 is 0 Å². The molecule has 0 heterocycles. The summed E-state index contributed by atoms with van der Waals surface area (Å²) in [4.78, 5) is 0. The van der Waals surface area contributed by atoms with Crippen molar-refractivity contribution in [2.45, 2.75) is 6.61 Å². The third-order valence-electron chi connectivity index (χ3n) is 1.35. The molecule has 0 amide bonds. The lowest BCUT2D eigenvalue weighted by atomic mass is 10.2. The summed E-state index contributed by atoms with van der Waals surface area (Å²) in [5.41, 5.74) is 0.758. The minimum atomic E-state index is -0.0208. The van der Waals surface area contributed by atoms with Crippen molar-refractivity contribution in [3.63, 3.8) is 0 Å². The Labute approximate surface area is 70.4 Å². The highest BCUT2D eigenvalue weighted by Gasteiger charge is 1.98. The Morgan fingerprint density at radius 1 is 1.36 bits per heavy atom. The van der Waals surface area contributed by atoms with E-state index in [1.54, 1.807) is 12.1 Å². The number of rotatable bonds is 3. The molecule has 0 saturated carbocycles. The number of aliphatic hydroxyl groups excluding tert-OH is 1. The Bertz CT molecular complexity index is 225. The standard InChI is InChI=1S/C8H9ClO2/c9-6-11-8-4-2-1-3-7(8)5-10/h1-4,10H,5-6H2. The Hall–Kier alpha value is -0.730. The summed E-state index contributed by atoms with van der Waals surface area (Å²) in [6.07, 6.45) is 0. The van der Waals surface area contributed by atoms with Crippen LogP contribution < -0.4 is 4.74 Å². The number of para-hydroxylation sites is 1. The van der Waals surface area contributed by atoms with Gasteiger partial charge in [-0.25, -0.2) is 0 Å². The summed E-state index contributed by atoms with van der Waals surface area (Å²) in [6.45, 7) is -0.0208. The van der Waals surface area contributed by atoms with Gasteiger partial charge in [-0.15, -0.1) is 0 Å². The maximum Gasteiger partial charge on any atom is 0.162 e. The lowest BCUT2D eigenvalue weighted by Gasteiger charge is -2.05. The second-order valence-corrected chi connectivity index (χ2v) is 2.24. The van der Waals surface area contributed by atoms with Crippen molar-refractivity contribution in [2.75, 3.05) is 6.07 Å². The number of hydrogen-bond acceptors (Lipinski definition) is 2. The fraction of sp³-hybridized carbons (Fsp3) is 0.250. The first-order valence-electron chi connectivity index (χ1n) is 3.26. The molecule has 0 unspecified atom stereocenters. The Balaban J connectivity index is 2.83. The summed E-state index contributed by atoms with van der Waals surface area (Å²) < 4.78 is 5.03. The molecule has 0 aliphatic rings. The largest absolute Gasteiger partial charge is 0.478 e. The van der Waals surface area contributed by atoms with Crippen LogP contribution in [0.25, 0.3) is 0 Å². The fourth-order valence-corrected chi connectivity index (χ4v) is 0.952. The predicted molar refractivity (Wildman–Crippen MR) is 43.7 cm³/mol. The van der Waals surface area contributed by atoms with E-state index in [0.29, 0.717) is 5.75 Å². The van der Waals surface area contributed by atoms with Gasteiger partial charge in [-0.05, 0) is 6.07 Å². The molecule has 1 N–H and O–H groups in total. The van der Waals surface area contributed by atoms with Gasteiger partial charge in [-0.1, -0.05) is 29.8 Å². The molecule has 0 aliphatic heterocycles. The molecule has 2 nitrogen and oxygen atoms in total. The predicted octanol–water partition coefficient (Wildman–Crippen LogP) is 1.75. The zero-order valence-corrected chi connectivity index (χ0v) is 6.71. The lowest BCUT2D eigenvalue weighted by Crippen LogP contribution is -1.94. The van der Waals surface area contributed by atoms with E-state index in [2.05, 4.69) is 0 Å². The van der Waals surface area contributed by atoms with Crippen molar-refractivity contribution in [3.05, 3.63) is 29.8 Å². The third kappa shape index (κ3) is 2.10. The number of alkyl halides is 1. The highest BCUT2D eigenvalue weighted by Crippen LogP contribution is 2.17. The summed E-state index contributed by atoms with van der Waals surface area (Å²) in [6, 6.07) is 7.35. The zero-order valence-electron chi connectivity index (χ0n) is 5.96. The van der Waals surface area contributed by atoms with Crippen molar-refractivity contribution in [3.8, 4) is 5.75 Å². The van der Waals surface area contributed by atoms with Crippen LogP contribution in [-0.2, 0) is 6.61 Å². The van der Waals surface area contributed by atoms with E-state index in [1.165, 1.54) is 0 Å². The molecule has 0 atom stereocenters. The number of halogens is 1. The van der Waals surface area contributed by atoms with Gasteiger partial charge in [0.1, 0.15) is 5.75 Å². The molecular formula is C8H9ClO2. The van der Waals surface area contributed by atoms with Crippen LogP contribution in [0.2, 0.25) is 0 Å². The molecule has 0 spiro atoms. The number of benzene rings is 1. The summed E-state index contributed by atoms with van der Waals surface area (Å²) in [5, 5.41) is 8.82. The van der Waals surface area contributed by atoms with Crippen LogP contribution in [0.5, 0.6) is 5.75 Å². The minimum Gasteiger partial charge on any atom is -0.478 e. The molecule has 0 bridgehead atoms. The topological polar surface area (TPSA) is 29.5 Å². The van der Waals surface area contributed by atoms with Crippen molar-refractivity contribution < 1.29 is 9.84 Å². The maximum absolute atomic E-state index is 8.82. The maximum atomic E-state index is 8.82. The van der Waals surface area contributed by atoms with Crippen LogP contribution in [0, 0.1) is 0 Å². The number of hydrogen-bond donors (Lipinski definition) is 1. The molecule has 1 aromatic rings. The highest BCUT2D eigenvalue weighted by molar-refractivity contribution is 6.17. The van der Waals surface area contributed by atoms with E-state index in [1.807, 2.05) is 12.1 Å². The smallest absolute Gasteiger partial charge is 0.162 e. The molecular weight excluding hydrogens is 164 g/mol. The molecule has 11 heavy (non-hydrogen) atoms. The van der Waals surface area contributed by atoms with Crippen LogP contribution in [-0.4, -0.2) is 11.2 Å². The molecule has 0 saturated heterocycles. The molecule has 1 aromatic carbocycles. The first-order valence-corrected chi connectivity index (χ1v) is 3.79. The first kappa shape index (κ1) is 8.37. The Morgan fingerprint density at radius 2 is 2.09 bits per heavy atom. The molecule has 3 heteroatoms. The average Bonchev–Trinajstić information content (AvgIpc) is 2.06. The molecule has 0 fully saturated rings. The molecule has 1 rings (SSSR count). The van der Waals surface area contributed by atoms with Crippen LogP contribution >= 0.6 is 11.6 Å². The normalized spacial score (nSPS) is 9.64.